The molecule has 0 radical (unpaired) electrons. The van der Waals surface area contributed by atoms with E-state index < -0.39 is 15.9 Å². The van der Waals surface area contributed by atoms with Gasteiger partial charge in [0.05, 0.1) is 26.2 Å². The van der Waals surface area contributed by atoms with E-state index in [4.69, 9.17) is 13.3 Å². The summed E-state index contributed by atoms with van der Waals surface area (Å²) in [7, 11) is -2.38. The van der Waals surface area contributed by atoms with Crippen molar-refractivity contribution in [1.82, 2.24) is 4.90 Å². The average molecular weight is 433 g/mol. The minimum Gasteiger partial charge on any atom is -0.493 e. The molecule has 3 aromatic rings. The van der Waals surface area contributed by atoms with Crippen LogP contribution in [0, 0.1) is 5.82 Å². The first kappa shape index (κ1) is 21.4. The van der Waals surface area contributed by atoms with Crippen LogP contribution in [-0.4, -0.2) is 32.6 Å². The molecule has 9 heteroatoms. The fourth-order valence-electron chi connectivity index (χ4n) is 2.83. The van der Waals surface area contributed by atoms with Crippen LogP contribution in [0.4, 0.5) is 4.39 Å². The number of hydrogen-bond donors (Lipinski definition) is 0. The number of amides is 1. The number of methoxy groups -OCH3 is 1. The summed E-state index contributed by atoms with van der Waals surface area (Å²) in [5, 5.41) is 0. The lowest BCUT2D eigenvalue weighted by Gasteiger charge is -2.22. The molecular formula is C21H20FNO6S. The normalized spacial score (nSPS) is 11.2. The van der Waals surface area contributed by atoms with E-state index in [-0.39, 0.29) is 30.5 Å². The highest BCUT2D eigenvalue weighted by Gasteiger charge is 2.20. The zero-order chi connectivity index (χ0) is 21.7. The molecule has 0 saturated heterocycles. The molecule has 1 heterocycles. The van der Waals surface area contributed by atoms with E-state index in [0.29, 0.717) is 16.9 Å². The van der Waals surface area contributed by atoms with E-state index in [1.54, 1.807) is 24.3 Å². The Morgan fingerprint density at radius 2 is 1.80 bits per heavy atom. The number of hydrogen-bond acceptors (Lipinski definition) is 6. The predicted octanol–water partition coefficient (Wildman–Crippen LogP) is 3.61. The van der Waals surface area contributed by atoms with Gasteiger partial charge in [-0.25, -0.2) is 4.39 Å². The molecule has 0 aliphatic carbocycles. The molecule has 0 N–H and O–H groups in total. The Morgan fingerprint density at radius 1 is 1.07 bits per heavy atom. The molecule has 0 saturated carbocycles. The van der Waals surface area contributed by atoms with E-state index in [2.05, 4.69) is 0 Å². The Balaban J connectivity index is 1.91. The molecule has 2 aromatic carbocycles. The molecule has 1 aromatic heterocycles. The van der Waals surface area contributed by atoms with Gasteiger partial charge in [0.2, 0.25) is 0 Å². The molecule has 0 aliphatic rings. The molecule has 0 spiro atoms. The Hall–Kier alpha value is -3.33. The quantitative estimate of drug-likeness (QED) is 0.505. The zero-order valence-electron chi connectivity index (χ0n) is 16.4. The lowest BCUT2D eigenvalue weighted by molar-refractivity contribution is 0.0717. The standard InChI is InChI=1S/C21H20FNO6S/c1-27-19-10-5-15(12-20(19)29-30(2,25)26)13-23(14-18-4-3-11-28-18)21(24)16-6-8-17(22)9-7-16/h3-12H,13-14H2,1-2H3. The van der Waals surface area contributed by atoms with Crippen LogP contribution in [-0.2, 0) is 23.2 Å². The highest BCUT2D eigenvalue weighted by atomic mass is 32.2. The Morgan fingerprint density at radius 3 is 2.40 bits per heavy atom. The molecular weight excluding hydrogens is 413 g/mol. The lowest BCUT2D eigenvalue weighted by atomic mass is 10.1. The zero-order valence-corrected chi connectivity index (χ0v) is 17.2. The first-order valence-electron chi connectivity index (χ1n) is 8.89. The van der Waals surface area contributed by atoms with Gasteiger partial charge in [0.15, 0.2) is 11.5 Å². The van der Waals surface area contributed by atoms with Crippen LogP contribution in [0.2, 0.25) is 0 Å². The molecule has 0 fully saturated rings. The van der Waals surface area contributed by atoms with Crippen LogP contribution >= 0.6 is 0 Å². The molecule has 3 rings (SSSR count). The number of furan rings is 1. The summed E-state index contributed by atoms with van der Waals surface area (Å²) in [5.41, 5.74) is 0.917. The van der Waals surface area contributed by atoms with E-state index in [1.807, 2.05) is 0 Å². The number of benzene rings is 2. The van der Waals surface area contributed by atoms with Gasteiger partial charge in [-0.1, -0.05) is 6.07 Å². The van der Waals surface area contributed by atoms with E-state index in [1.165, 1.54) is 48.6 Å². The summed E-state index contributed by atoms with van der Waals surface area (Å²) in [6.45, 7) is 0.290. The van der Waals surface area contributed by atoms with Gasteiger partial charge in [0, 0.05) is 12.1 Å². The van der Waals surface area contributed by atoms with Crippen molar-refractivity contribution in [2.75, 3.05) is 13.4 Å². The summed E-state index contributed by atoms with van der Waals surface area (Å²) in [5.74, 6) is 0.0394. The van der Waals surface area contributed by atoms with Crippen molar-refractivity contribution in [3.8, 4) is 11.5 Å². The van der Waals surface area contributed by atoms with Crippen molar-refractivity contribution in [1.29, 1.82) is 0 Å². The highest BCUT2D eigenvalue weighted by Crippen LogP contribution is 2.30. The summed E-state index contributed by atoms with van der Waals surface area (Å²) in [4.78, 5) is 14.5. The molecule has 0 atom stereocenters. The molecule has 7 nitrogen and oxygen atoms in total. The number of ether oxygens (including phenoxy) is 1. The largest absolute Gasteiger partial charge is 0.493 e. The topological polar surface area (TPSA) is 86.0 Å². The number of carbonyl (C=O) groups is 1. The smallest absolute Gasteiger partial charge is 0.306 e. The van der Waals surface area contributed by atoms with Gasteiger partial charge in [-0.3, -0.25) is 4.79 Å². The number of nitrogens with zero attached hydrogens (tertiary/aromatic N) is 1. The molecule has 1 amide bonds. The molecule has 0 unspecified atom stereocenters. The second-order valence-corrected chi connectivity index (χ2v) is 8.10. The minimum atomic E-state index is -3.77. The van der Waals surface area contributed by atoms with Gasteiger partial charge in [-0.2, -0.15) is 8.42 Å². The number of carbonyl (C=O) groups excluding carboxylic acids is 1. The first-order chi connectivity index (χ1) is 14.2. The molecule has 0 aliphatic heterocycles. The second kappa shape index (κ2) is 9.00. The fraction of sp³-hybridized carbons (Fsp3) is 0.190. The Bertz CT molecular complexity index is 1110. The van der Waals surface area contributed by atoms with Crippen molar-refractivity contribution in [3.05, 3.63) is 83.6 Å². The third-order valence-corrected chi connectivity index (χ3v) is 4.63. The van der Waals surface area contributed by atoms with Crippen LogP contribution < -0.4 is 8.92 Å². The maximum atomic E-state index is 13.2. The van der Waals surface area contributed by atoms with Crippen LogP contribution in [0.3, 0.4) is 0 Å². The van der Waals surface area contributed by atoms with Gasteiger partial charge < -0.3 is 18.2 Å². The lowest BCUT2D eigenvalue weighted by Crippen LogP contribution is -2.30. The number of rotatable bonds is 8. The maximum absolute atomic E-state index is 13.2. The Kier molecular flexibility index (Phi) is 6.41. The van der Waals surface area contributed by atoms with Gasteiger partial charge in [-0.05, 0) is 54.1 Å². The van der Waals surface area contributed by atoms with Crippen molar-refractivity contribution >= 4 is 16.0 Å². The average Bonchev–Trinajstić information content (AvgIpc) is 3.20. The SMILES string of the molecule is COc1ccc(CN(Cc2ccco2)C(=O)c2ccc(F)cc2)cc1OS(C)(=O)=O. The third kappa shape index (κ3) is 5.60. The van der Waals surface area contributed by atoms with Gasteiger partial charge in [-0.15, -0.1) is 0 Å². The minimum absolute atomic E-state index is 0.0182. The maximum Gasteiger partial charge on any atom is 0.306 e. The second-order valence-electron chi connectivity index (χ2n) is 6.52. The van der Waals surface area contributed by atoms with Crippen molar-refractivity contribution in [3.63, 3.8) is 0 Å². The number of halogens is 1. The van der Waals surface area contributed by atoms with Gasteiger partial charge in [0.1, 0.15) is 11.6 Å². The van der Waals surface area contributed by atoms with E-state index >= 15 is 0 Å². The highest BCUT2D eigenvalue weighted by molar-refractivity contribution is 7.86. The van der Waals surface area contributed by atoms with Crippen LogP contribution in [0.25, 0.3) is 0 Å². The monoisotopic (exact) mass is 433 g/mol. The van der Waals surface area contributed by atoms with Gasteiger partial charge >= 0.3 is 10.1 Å². The van der Waals surface area contributed by atoms with Crippen LogP contribution in [0.15, 0.2) is 65.3 Å². The van der Waals surface area contributed by atoms with Crippen molar-refractivity contribution in [2.45, 2.75) is 13.1 Å². The molecule has 30 heavy (non-hydrogen) atoms. The fourth-order valence-corrected chi connectivity index (χ4v) is 3.29. The molecule has 0 bridgehead atoms. The van der Waals surface area contributed by atoms with Crippen molar-refractivity contribution in [2.24, 2.45) is 0 Å². The molecule has 158 valence electrons. The summed E-state index contributed by atoms with van der Waals surface area (Å²) < 4.78 is 51.8. The Labute approximate surface area is 173 Å². The van der Waals surface area contributed by atoms with E-state index in [0.717, 1.165) is 6.26 Å². The van der Waals surface area contributed by atoms with Crippen molar-refractivity contribution < 1.29 is 30.9 Å². The van der Waals surface area contributed by atoms with E-state index in [9.17, 15) is 17.6 Å². The third-order valence-electron chi connectivity index (χ3n) is 4.15. The van der Waals surface area contributed by atoms with Crippen LogP contribution in [0.5, 0.6) is 11.5 Å². The summed E-state index contributed by atoms with van der Waals surface area (Å²) in [6.07, 6.45) is 2.43. The summed E-state index contributed by atoms with van der Waals surface area (Å²) in [6, 6.07) is 13.4. The van der Waals surface area contributed by atoms with Crippen LogP contribution in [0.1, 0.15) is 21.7 Å². The summed E-state index contributed by atoms with van der Waals surface area (Å²) >= 11 is 0. The predicted molar refractivity (Wildman–Crippen MR) is 107 cm³/mol. The first-order valence-corrected chi connectivity index (χ1v) is 10.7. The van der Waals surface area contributed by atoms with Gasteiger partial charge in [0.25, 0.3) is 5.91 Å².